The molecule has 2 N–H and O–H groups in total. The number of aliphatic carboxylic acids is 1. The number of carboxylic acid groups (broad SMARTS) is 1. The number of hydrogen-bond donors (Lipinski definition) is 2. The van der Waals surface area contributed by atoms with Crippen molar-refractivity contribution in [3.63, 3.8) is 0 Å². The predicted molar refractivity (Wildman–Crippen MR) is 33.9 cm³/mol. The van der Waals surface area contributed by atoms with Crippen molar-refractivity contribution < 1.29 is 24.5 Å². The van der Waals surface area contributed by atoms with E-state index in [2.05, 4.69) is 0 Å². The Hall–Kier alpha value is -0.650. The van der Waals surface area contributed by atoms with Crippen LogP contribution >= 0.6 is 0 Å². The molecule has 1 rings (SSSR count). The molecule has 0 radical (unpaired) electrons. The molecule has 1 saturated heterocycles. The topological polar surface area (TPSA) is 76.0 Å². The highest BCUT2D eigenvalue weighted by atomic mass is 16.7. The fourth-order valence-electron chi connectivity index (χ4n) is 0.881. The van der Waals surface area contributed by atoms with Crippen LogP contribution in [0.15, 0.2) is 0 Å². The number of hydrogen-bond acceptors (Lipinski definition) is 4. The van der Waals surface area contributed by atoms with Crippen LogP contribution in [0, 0.1) is 0 Å². The third-order valence-electron chi connectivity index (χ3n) is 1.43. The molecule has 0 saturated carbocycles. The van der Waals surface area contributed by atoms with Crippen molar-refractivity contribution in [3.05, 3.63) is 0 Å². The lowest BCUT2D eigenvalue weighted by molar-refractivity contribution is -0.246. The Labute approximate surface area is 63.5 Å². The molecule has 0 spiro atoms. The summed E-state index contributed by atoms with van der Waals surface area (Å²) in [6, 6.07) is 0. The SMILES string of the molecule is CC1OCC(O)C(C(=O)O)O1. The number of carbonyl (C=O) groups is 1. The summed E-state index contributed by atoms with van der Waals surface area (Å²) in [6.45, 7) is 1.60. The van der Waals surface area contributed by atoms with Crippen molar-refractivity contribution in [2.45, 2.75) is 25.4 Å². The Kier molecular flexibility index (Phi) is 2.43. The second-order valence-electron chi connectivity index (χ2n) is 2.36. The van der Waals surface area contributed by atoms with E-state index in [0.717, 1.165) is 0 Å². The van der Waals surface area contributed by atoms with Crippen molar-refractivity contribution in [3.8, 4) is 0 Å². The summed E-state index contributed by atoms with van der Waals surface area (Å²) in [6.07, 6.45) is -2.78. The van der Waals surface area contributed by atoms with Gasteiger partial charge in [0.2, 0.25) is 0 Å². The van der Waals surface area contributed by atoms with Gasteiger partial charge in [0.15, 0.2) is 12.4 Å². The van der Waals surface area contributed by atoms with E-state index in [1.54, 1.807) is 6.92 Å². The van der Waals surface area contributed by atoms with Gasteiger partial charge in [0.25, 0.3) is 0 Å². The van der Waals surface area contributed by atoms with Crippen LogP contribution in [0.2, 0.25) is 0 Å². The molecule has 1 fully saturated rings. The molecule has 0 aromatic rings. The van der Waals surface area contributed by atoms with Crippen LogP contribution in [0.4, 0.5) is 0 Å². The maximum absolute atomic E-state index is 10.4. The first-order valence-corrected chi connectivity index (χ1v) is 3.29. The van der Waals surface area contributed by atoms with E-state index in [4.69, 9.17) is 19.7 Å². The average Bonchev–Trinajstić information content (AvgIpc) is 1.94. The molecule has 5 nitrogen and oxygen atoms in total. The Morgan fingerprint density at radius 3 is 2.73 bits per heavy atom. The molecule has 0 aromatic heterocycles. The lowest BCUT2D eigenvalue weighted by Crippen LogP contribution is -2.47. The number of carboxylic acids is 1. The summed E-state index contributed by atoms with van der Waals surface area (Å²) in [5.74, 6) is -1.16. The third-order valence-corrected chi connectivity index (χ3v) is 1.43. The van der Waals surface area contributed by atoms with Crippen LogP contribution in [-0.4, -0.2) is 41.3 Å². The Morgan fingerprint density at radius 1 is 1.64 bits per heavy atom. The van der Waals surface area contributed by atoms with E-state index in [-0.39, 0.29) is 6.61 Å². The molecule has 1 aliphatic heterocycles. The zero-order chi connectivity index (χ0) is 8.43. The molecule has 1 aliphatic rings. The minimum Gasteiger partial charge on any atom is -0.479 e. The first-order valence-electron chi connectivity index (χ1n) is 3.29. The summed E-state index contributed by atoms with van der Waals surface area (Å²) >= 11 is 0. The molecular formula is C6H10O5. The lowest BCUT2D eigenvalue weighted by Gasteiger charge is -2.29. The van der Waals surface area contributed by atoms with Gasteiger partial charge in [-0.25, -0.2) is 4.79 Å². The van der Waals surface area contributed by atoms with E-state index in [1.807, 2.05) is 0 Å². The van der Waals surface area contributed by atoms with Crippen LogP contribution in [0.25, 0.3) is 0 Å². The standard InChI is InChI=1S/C6H10O5/c1-3-10-2-4(7)5(11-3)6(8)9/h3-5,7H,2H2,1H3,(H,8,9). The molecule has 3 atom stereocenters. The monoisotopic (exact) mass is 162 g/mol. The smallest absolute Gasteiger partial charge is 0.335 e. The average molecular weight is 162 g/mol. The summed E-state index contributed by atoms with van der Waals surface area (Å²) < 4.78 is 9.62. The molecule has 0 aliphatic carbocycles. The molecule has 11 heavy (non-hydrogen) atoms. The second-order valence-corrected chi connectivity index (χ2v) is 2.36. The molecule has 1 heterocycles. The van der Waals surface area contributed by atoms with Crippen molar-refractivity contribution >= 4 is 5.97 Å². The zero-order valence-corrected chi connectivity index (χ0v) is 6.06. The fraction of sp³-hybridized carbons (Fsp3) is 0.833. The van der Waals surface area contributed by atoms with Gasteiger partial charge in [0.05, 0.1) is 6.61 Å². The molecule has 3 unspecified atom stereocenters. The van der Waals surface area contributed by atoms with Crippen molar-refractivity contribution in [2.24, 2.45) is 0 Å². The molecule has 64 valence electrons. The molecule has 0 amide bonds. The van der Waals surface area contributed by atoms with Gasteiger partial charge in [-0.05, 0) is 6.92 Å². The van der Waals surface area contributed by atoms with Crippen LogP contribution in [-0.2, 0) is 14.3 Å². The molecule has 5 heteroatoms. The van der Waals surface area contributed by atoms with E-state index < -0.39 is 24.5 Å². The van der Waals surface area contributed by atoms with Gasteiger partial charge in [-0.2, -0.15) is 0 Å². The number of aliphatic hydroxyl groups is 1. The van der Waals surface area contributed by atoms with Crippen molar-refractivity contribution in [2.75, 3.05) is 6.61 Å². The Morgan fingerprint density at radius 2 is 2.27 bits per heavy atom. The first kappa shape index (κ1) is 8.45. The summed E-state index contributed by atoms with van der Waals surface area (Å²) in [7, 11) is 0. The van der Waals surface area contributed by atoms with E-state index in [1.165, 1.54) is 0 Å². The quantitative estimate of drug-likeness (QED) is 0.527. The molecular weight excluding hydrogens is 152 g/mol. The Balaban J connectivity index is 2.54. The van der Waals surface area contributed by atoms with E-state index in [9.17, 15) is 4.79 Å². The summed E-state index contributed by atoms with van der Waals surface area (Å²) in [5, 5.41) is 17.5. The van der Waals surface area contributed by atoms with Gasteiger partial charge in [-0.15, -0.1) is 0 Å². The zero-order valence-electron chi connectivity index (χ0n) is 6.06. The normalized spacial score (nSPS) is 38.5. The minimum absolute atomic E-state index is 0.0120. The second kappa shape index (κ2) is 3.17. The van der Waals surface area contributed by atoms with Gasteiger partial charge in [0, 0.05) is 0 Å². The van der Waals surface area contributed by atoms with Gasteiger partial charge in [-0.1, -0.05) is 0 Å². The van der Waals surface area contributed by atoms with Gasteiger partial charge < -0.3 is 19.7 Å². The predicted octanol–water partition coefficient (Wildman–Crippen LogP) is -0.807. The largest absolute Gasteiger partial charge is 0.479 e. The number of aliphatic hydroxyl groups excluding tert-OH is 1. The highest BCUT2D eigenvalue weighted by Gasteiger charge is 2.33. The lowest BCUT2D eigenvalue weighted by atomic mass is 10.2. The van der Waals surface area contributed by atoms with Crippen LogP contribution in [0.5, 0.6) is 0 Å². The van der Waals surface area contributed by atoms with Crippen molar-refractivity contribution in [1.82, 2.24) is 0 Å². The fourth-order valence-corrected chi connectivity index (χ4v) is 0.881. The number of rotatable bonds is 1. The van der Waals surface area contributed by atoms with Gasteiger partial charge in [-0.3, -0.25) is 0 Å². The van der Waals surface area contributed by atoms with Crippen LogP contribution in [0.1, 0.15) is 6.92 Å². The maximum atomic E-state index is 10.4. The molecule has 0 aromatic carbocycles. The minimum atomic E-state index is -1.16. The Bertz CT molecular complexity index is 157. The molecule has 0 bridgehead atoms. The maximum Gasteiger partial charge on any atom is 0.335 e. The third kappa shape index (κ3) is 1.89. The first-order chi connectivity index (χ1) is 5.11. The van der Waals surface area contributed by atoms with E-state index in [0.29, 0.717) is 0 Å². The van der Waals surface area contributed by atoms with Gasteiger partial charge in [0.1, 0.15) is 6.10 Å². The van der Waals surface area contributed by atoms with Crippen LogP contribution in [0.3, 0.4) is 0 Å². The summed E-state index contributed by atoms with van der Waals surface area (Å²) in [5.41, 5.74) is 0. The van der Waals surface area contributed by atoms with Crippen molar-refractivity contribution in [1.29, 1.82) is 0 Å². The summed E-state index contributed by atoms with van der Waals surface area (Å²) in [4.78, 5) is 10.4. The van der Waals surface area contributed by atoms with E-state index >= 15 is 0 Å². The van der Waals surface area contributed by atoms with Gasteiger partial charge >= 0.3 is 5.97 Å². The highest BCUT2D eigenvalue weighted by molar-refractivity contribution is 5.73. The number of ether oxygens (including phenoxy) is 2. The van der Waals surface area contributed by atoms with Crippen LogP contribution < -0.4 is 0 Å². The highest BCUT2D eigenvalue weighted by Crippen LogP contribution is 2.12.